The summed E-state index contributed by atoms with van der Waals surface area (Å²) in [5, 5.41) is 75.2. The lowest BCUT2D eigenvalue weighted by atomic mass is 9.95. The van der Waals surface area contributed by atoms with Gasteiger partial charge in [-0.15, -0.1) is 0 Å². The number of aliphatic hydroxyl groups excluding tert-OH is 4. The molecule has 0 bridgehead atoms. The van der Waals surface area contributed by atoms with E-state index < -0.39 is 181 Å². The minimum Gasteiger partial charge on any atom is -0.453 e. The van der Waals surface area contributed by atoms with Gasteiger partial charge in [-0.1, -0.05) is 106 Å². The van der Waals surface area contributed by atoms with Gasteiger partial charge in [-0.2, -0.15) is 0 Å². The number of amides is 11. The summed E-state index contributed by atoms with van der Waals surface area (Å²) in [7, 11) is 0. The van der Waals surface area contributed by atoms with Gasteiger partial charge in [0, 0.05) is 18.6 Å². The number of nitrogens with zero attached hydrogens (tertiary/aromatic N) is 1. The number of nitrogens with one attached hydrogen (secondary N) is 12. The van der Waals surface area contributed by atoms with Crippen molar-refractivity contribution in [1.82, 2.24) is 63.8 Å². The van der Waals surface area contributed by atoms with Crippen molar-refractivity contribution in [1.29, 1.82) is 0 Å². The number of aliphatic hydroxyl groups is 4. The summed E-state index contributed by atoms with van der Waals surface area (Å²) in [6, 6.07) is -10.4. The van der Waals surface area contributed by atoms with E-state index in [1.807, 2.05) is 38.3 Å². The molecule has 2 fully saturated rings. The van der Waals surface area contributed by atoms with Gasteiger partial charge in [-0.25, -0.2) is 4.79 Å². The van der Waals surface area contributed by atoms with E-state index in [1.165, 1.54) is 44.2 Å². The molecule has 0 aromatic heterocycles. The number of hydrogen-bond donors (Lipinski definition) is 18. The number of guanidine groups is 1. The van der Waals surface area contributed by atoms with Crippen LogP contribution in [0.25, 0.3) is 0 Å². The Morgan fingerprint density at radius 1 is 0.642 bits per heavy atom. The van der Waals surface area contributed by atoms with Gasteiger partial charge in [0.15, 0.2) is 24.2 Å². The molecule has 534 valence electrons. The fraction of sp³-hybridized carbons (Fsp3) is 0.698. The summed E-state index contributed by atoms with van der Waals surface area (Å²) >= 11 is 0. The van der Waals surface area contributed by atoms with Crippen molar-refractivity contribution in [2.24, 2.45) is 46.0 Å². The molecule has 2 saturated heterocycles. The zero-order chi connectivity index (χ0) is 71.7. The van der Waals surface area contributed by atoms with E-state index in [1.54, 1.807) is 41.5 Å². The monoisotopic (exact) mass is 1340 g/mol. The number of primary amides is 1. The maximum Gasteiger partial charge on any atom is 0.331 e. The van der Waals surface area contributed by atoms with E-state index in [0.29, 0.717) is 5.96 Å². The molecule has 2 unspecified atom stereocenters. The lowest BCUT2D eigenvalue weighted by Crippen LogP contribution is -2.64. The molecule has 20 N–H and O–H groups in total. The van der Waals surface area contributed by atoms with Crippen LogP contribution in [0, 0.1) is 29.6 Å². The van der Waals surface area contributed by atoms with Gasteiger partial charge < -0.3 is 100 Å². The Morgan fingerprint density at radius 2 is 1.19 bits per heavy atom. The molecule has 3 rings (SSSR count). The van der Waals surface area contributed by atoms with E-state index in [2.05, 4.69) is 58.2 Å². The van der Waals surface area contributed by atoms with E-state index in [9.17, 15) is 68.4 Å². The van der Waals surface area contributed by atoms with Crippen LogP contribution < -0.4 is 75.3 Å². The predicted octanol–water partition coefficient (Wildman–Crippen LogP) is -3.99. The SMILES string of the molecule is CC[C@H](C)[C@@H]1NC(=O)[C@@H](CCCN=C2NC(C)CC(C)N2)NC(=O)[C@H](CC(C)C)NC(=O)[C@H]([C@H](O)C(C)C)NC(=O)[C@@H](NC(=O)[C@H](CC(C)C)NC(=O)[C@H](N)CC(C)C)[C@@H](c2ccccc2)OC(=O)[C@H](CO)NC(=O)[C@H]([C@H](O)C(N)=O)NC(=O)CNC(=O)[C@H]([C@H](C)O)NC1=O. The van der Waals surface area contributed by atoms with E-state index in [0.717, 1.165) is 13.3 Å². The molecule has 32 nitrogen and oxygen atoms in total. The Hall–Kier alpha value is -8.07. The van der Waals surface area contributed by atoms with E-state index >= 15 is 9.59 Å². The Morgan fingerprint density at radius 3 is 1.74 bits per heavy atom. The van der Waals surface area contributed by atoms with Gasteiger partial charge in [0.2, 0.25) is 65.0 Å². The molecule has 0 aliphatic carbocycles. The first-order valence-corrected chi connectivity index (χ1v) is 32.5. The van der Waals surface area contributed by atoms with Crippen LogP contribution >= 0.6 is 0 Å². The van der Waals surface area contributed by atoms with E-state index in [4.69, 9.17) is 16.2 Å². The molecular weight excluding hydrogens is 1240 g/mol. The quantitative estimate of drug-likeness (QED) is 0.0367. The lowest BCUT2D eigenvalue weighted by Gasteiger charge is -2.34. The Bertz CT molecular complexity index is 2800. The van der Waals surface area contributed by atoms with E-state index in [-0.39, 0.29) is 80.5 Å². The molecule has 11 amide bonds. The molecular formula is C63H105N15O17. The highest BCUT2D eigenvalue weighted by molar-refractivity contribution is 6.00. The molecule has 0 radical (unpaired) electrons. The van der Waals surface area contributed by atoms with Crippen molar-refractivity contribution in [3.8, 4) is 0 Å². The first kappa shape index (κ1) is 81.2. The Balaban J connectivity index is 2.41. The summed E-state index contributed by atoms with van der Waals surface area (Å²) < 4.78 is 5.95. The minimum absolute atomic E-state index is 0.0506. The van der Waals surface area contributed by atoms with Crippen LogP contribution in [0.1, 0.15) is 147 Å². The molecule has 17 atom stereocenters. The number of ether oxygens (including phenoxy) is 1. The number of aliphatic imine (C=N–C) groups is 1. The topological polar surface area (TPSA) is 504 Å². The number of nitrogens with two attached hydrogens (primary N) is 2. The van der Waals surface area contributed by atoms with Gasteiger partial charge in [-0.3, -0.25) is 57.7 Å². The van der Waals surface area contributed by atoms with Crippen LogP contribution in [0.15, 0.2) is 35.3 Å². The Kier molecular flexibility index (Phi) is 33.4. The zero-order valence-electron chi connectivity index (χ0n) is 56.8. The molecule has 95 heavy (non-hydrogen) atoms. The standard InChI is InChI=1S/C63H105N15O17/c1-14-33(10)44-58(90)76-45(36(13)80)57(89)67-27-43(81)74-47(50(83)52(65)84)60(92)73-42(28-79)62(94)95-51(37-19-16-15-17-20-37)48(78-56(88)41(25-31(6)7)71-53(85)38(64)23-29(2)3)61(93)77-46(49(82)32(8)9)59(91)72-40(24-30(4)5)55(87)70-39(54(86)75-44)21-18-22-66-63-68-34(11)26-35(12)69-63/h15-17,19-20,29-36,38-42,44-51,79-80,82-83H,14,18,21-28,64H2,1-13H3,(H2,65,84)(H,67,89)(H,70,87)(H,71,85)(H,72,91)(H,73,92)(H,74,81)(H,75,86)(H,76,90)(H,77,93)(H,78,88)(H2,66,68,69)/t33-,34?,35?,36-,38+,39+,40-,41-,42-,44-,45-,46-,47-,48-,49+,50-,51+/m0/s1. The highest BCUT2D eigenvalue weighted by atomic mass is 16.5. The van der Waals surface area contributed by atoms with Crippen LogP contribution in [0.3, 0.4) is 0 Å². The zero-order valence-corrected chi connectivity index (χ0v) is 56.8. The van der Waals surface area contributed by atoms with Crippen LogP contribution in [-0.2, 0) is 62.3 Å². The minimum atomic E-state index is -2.57. The third kappa shape index (κ3) is 26.2. The van der Waals surface area contributed by atoms with Gasteiger partial charge in [0.25, 0.3) is 0 Å². The molecule has 0 saturated carbocycles. The second kappa shape index (κ2) is 39.1. The van der Waals surface area contributed by atoms with Gasteiger partial charge in [0.1, 0.15) is 48.3 Å². The molecule has 2 heterocycles. The van der Waals surface area contributed by atoms with Crippen LogP contribution in [-0.4, -0.2) is 208 Å². The number of carbonyl (C=O) groups excluding carboxylic acids is 12. The van der Waals surface area contributed by atoms with Gasteiger partial charge in [-0.05, 0) is 94.4 Å². The maximum atomic E-state index is 15.4. The van der Waals surface area contributed by atoms with Gasteiger partial charge in [0.05, 0.1) is 31.4 Å². The lowest BCUT2D eigenvalue weighted by molar-refractivity contribution is -0.159. The molecule has 32 heteroatoms. The normalized spacial score (nSPS) is 26.5. The molecule has 2 aliphatic rings. The van der Waals surface area contributed by atoms with Crippen molar-refractivity contribution in [3.63, 3.8) is 0 Å². The highest BCUT2D eigenvalue weighted by Gasteiger charge is 2.44. The van der Waals surface area contributed by atoms with Crippen molar-refractivity contribution >= 4 is 76.9 Å². The fourth-order valence-corrected chi connectivity index (χ4v) is 10.5. The molecule has 2 aliphatic heterocycles. The second-order valence-electron chi connectivity index (χ2n) is 26.3. The third-order valence-electron chi connectivity index (χ3n) is 15.9. The summed E-state index contributed by atoms with van der Waals surface area (Å²) in [6.45, 7) is 19.7. The maximum absolute atomic E-state index is 15.4. The Labute approximate surface area is 555 Å². The smallest absolute Gasteiger partial charge is 0.331 e. The number of benzene rings is 1. The number of hydrogen-bond acceptors (Lipinski definition) is 19. The van der Waals surface area contributed by atoms with Crippen molar-refractivity contribution < 1.29 is 82.7 Å². The summed E-state index contributed by atoms with van der Waals surface area (Å²) in [5.41, 5.74) is 11.5. The van der Waals surface area contributed by atoms with Crippen LogP contribution in [0.4, 0.5) is 0 Å². The number of cyclic esters (lactones) is 1. The number of rotatable bonds is 23. The predicted molar refractivity (Wildman–Crippen MR) is 348 cm³/mol. The molecule has 0 spiro atoms. The van der Waals surface area contributed by atoms with Crippen molar-refractivity contribution in [2.45, 2.75) is 232 Å². The molecule has 1 aromatic carbocycles. The first-order valence-electron chi connectivity index (χ1n) is 32.5. The average Bonchev–Trinajstić information content (AvgIpc) is 0.827. The summed E-state index contributed by atoms with van der Waals surface area (Å²) in [6.07, 6.45) is -6.96. The number of esters is 1. The summed E-state index contributed by atoms with van der Waals surface area (Å²) in [4.78, 5) is 176. The average molecular weight is 1340 g/mol. The fourth-order valence-electron chi connectivity index (χ4n) is 10.5. The van der Waals surface area contributed by atoms with Gasteiger partial charge >= 0.3 is 5.97 Å². The highest BCUT2D eigenvalue weighted by Crippen LogP contribution is 2.25. The largest absolute Gasteiger partial charge is 0.453 e. The van der Waals surface area contributed by atoms with Crippen LogP contribution in [0.2, 0.25) is 0 Å². The van der Waals surface area contributed by atoms with Crippen molar-refractivity contribution in [2.75, 3.05) is 19.7 Å². The second-order valence-corrected chi connectivity index (χ2v) is 26.3. The third-order valence-corrected chi connectivity index (χ3v) is 15.9. The number of carbonyl (C=O) groups is 12. The van der Waals surface area contributed by atoms with Crippen molar-refractivity contribution in [3.05, 3.63) is 35.9 Å². The molecule has 1 aromatic rings. The van der Waals surface area contributed by atoms with Crippen LogP contribution in [0.5, 0.6) is 0 Å². The first-order chi connectivity index (χ1) is 44.5. The summed E-state index contributed by atoms with van der Waals surface area (Å²) in [5.74, 6) is -16.1.